The topological polar surface area (TPSA) is 32.3 Å². The normalized spacial score (nSPS) is 35.3. The number of nitrogens with zero attached hydrogens (tertiary/aromatic N) is 1. The Hall–Kier alpha value is -0.280. The molecule has 0 aromatic heterocycles. The Morgan fingerprint density at radius 2 is 2.13 bits per heavy atom. The van der Waals surface area contributed by atoms with E-state index in [1.807, 2.05) is 0 Å². The minimum absolute atomic E-state index is 0. The van der Waals surface area contributed by atoms with Crippen molar-refractivity contribution in [3.05, 3.63) is 0 Å². The second-order valence-corrected chi connectivity index (χ2v) is 4.87. The van der Waals surface area contributed by atoms with Gasteiger partial charge < -0.3 is 10.2 Å². The van der Waals surface area contributed by atoms with Gasteiger partial charge in [-0.05, 0) is 32.2 Å². The van der Waals surface area contributed by atoms with Crippen molar-refractivity contribution in [2.24, 2.45) is 11.8 Å². The third-order valence-electron chi connectivity index (χ3n) is 3.48. The Morgan fingerprint density at radius 3 is 2.60 bits per heavy atom. The Balaban J connectivity index is 0.00000112. The molecule has 3 atom stereocenters. The average Bonchev–Trinajstić information content (AvgIpc) is 2.73. The lowest BCUT2D eigenvalue weighted by atomic mass is 10.1. The van der Waals surface area contributed by atoms with Gasteiger partial charge in [-0.2, -0.15) is 0 Å². The van der Waals surface area contributed by atoms with Crippen molar-refractivity contribution in [2.75, 3.05) is 19.6 Å². The summed E-state index contributed by atoms with van der Waals surface area (Å²) >= 11 is 0. The number of carbonyl (C=O) groups is 1. The third-order valence-corrected chi connectivity index (χ3v) is 3.48. The van der Waals surface area contributed by atoms with Crippen LogP contribution in [0.5, 0.6) is 0 Å². The molecule has 15 heavy (non-hydrogen) atoms. The molecule has 0 aromatic rings. The highest BCUT2D eigenvalue weighted by atomic mass is 35.5. The molecule has 2 heterocycles. The predicted octanol–water partition coefficient (Wildman–Crippen LogP) is 1.27. The molecule has 2 aliphatic heterocycles. The Labute approximate surface area is 98.0 Å². The van der Waals surface area contributed by atoms with E-state index in [1.165, 1.54) is 6.42 Å². The summed E-state index contributed by atoms with van der Waals surface area (Å²) in [5.74, 6) is 1.32. The number of amides is 1. The predicted molar refractivity (Wildman–Crippen MR) is 63.2 cm³/mol. The van der Waals surface area contributed by atoms with Crippen molar-refractivity contribution < 1.29 is 4.79 Å². The monoisotopic (exact) mass is 232 g/mol. The SMILES string of the molecule is CC1CC(C)N(C(=O)[C@H]2CCNC2)C1.Cl. The fourth-order valence-electron chi connectivity index (χ4n) is 2.71. The smallest absolute Gasteiger partial charge is 0.227 e. The zero-order valence-corrected chi connectivity index (χ0v) is 10.3. The first-order valence-corrected chi connectivity index (χ1v) is 5.69. The van der Waals surface area contributed by atoms with Crippen molar-refractivity contribution in [1.82, 2.24) is 10.2 Å². The largest absolute Gasteiger partial charge is 0.339 e. The second kappa shape index (κ2) is 5.17. The molecule has 0 bridgehead atoms. The zero-order valence-electron chi connectivity index (χ0n) is 9.53. The van der Waals surface area contributed by atoms with Crippen LogP contribution in [0, 0.1) is 11.8 Å². The number of hydrogen-bond donors (Lipinski definition) is 1. The summed E-state index contributed by atoms with van der Waals surface area (Å²) in [7, 11) is 0. The molecule has 2 aliphatic rings. The van der Waals surface area contributed by atoms with E-state index in [2.05, 4.69) is 24.1 Å². The van der Waals surface area contributed by atoms with E-state index in [0.717, 1.165) is 26.1 Å². The van der Waals surface area contributed by atoms with Gasteiger partial charge >= 0.3 is 0 Å². The quantitative estimate of drug-likeness (QED) is 0.739. The second-order valence-electron chi connectivity index (χ2n) is 4.87. The molecular formula is C11H21ClN2O. The van der Waals surface area contributed by atoms with Gasteiger partial charge in [-0.25, -0.2) is 0 Å². The maximum atomic E-state index is 12.1. The van der Waals surface area contributed by atoms with Gasteiger partial charge in [0.05, 0.1) is 5.92 Å². The lowest BCUT2D eigenvalue weighted by Crippen LogP contribution is -2.39. The fraction of sp³-hybridized carbons (Fsp3) is 0.909. The standard InChI is InChI=1S/C11H20N2O.ClH/c1-8-5-9(2)13(7-8)11(14)10-3-4-12-6-10;/h8-10,12H,3-7H2,1-2H3;1H/t8?,9?,10-;/m0./s1. The summed E-state index contributed by atoms with van der Waals surface area (Å²) in [6.45, 7) is 7.27. The van der Waals surface area contributed by atoms with Gasteiger partial charge in [0.1, 0.15) is 0 Å². The van der Waals surface area contributed by atoms with E-state index in [9.17, 15) is 4.79 Å². The lowest BCUT2D eigenvalue weighted by molar-refractivity contribution is -0.135. The minimum Gasteiger partial charge on any atom is -0.339 e. The molecule has 0 spiro atoms. The van der Waals surface area contributed by atoms with Crippen molar-refractivity contribution >= 4 is 18.3 Å². The maximum Gasteiger partial charge on any atom is 0.227 e. The maximum absolute atomic E-state index is 12.1. The number of hydrogen-bond acceptors (Lipinski definition) is 2. The Kier molecular flexibility index (Phi) is 4.41. The van der Waals surface area contributed by atoms with E-state index in [-0.39, 0.29) is 18.3 Å². The van der Waals surface area contributed by atoms with E-state index < -0.39 is 0 Å². The molecule has 2 saturated heterocycles. The number of carbonyl (C=O) groups excluding carboxylic acids is 1. The molecule has 3 nitrogen and oxygen atoms in total. The van der Waals surface area contributed by atoms with Crippen LogP contribution in [-0.2, 0) is 4.79 Å². The Morgan fingerprint density at radius 1 is 1.40 bits per heavy atom. The van der Waals surface area contributed by atoms with Gasteiger partial charge in [-0.3, -0.25) is 4.79 Å². The minimum atomic E-state index is 0. The van der Waals surface area contributed by atoms with Crippen LogP contribution in [0.25, 0.3) is 0 Å². The van der Waals surface area contributed by atoms with Crippen molar-refractivity contribution in [3.8, 4) is 0 Å². The number of rotatable bonds is 1. The first kappa shape index (κ1) is 12.8. The lowest BCUT2D eigenvalue weighted by Gasteiger charge is -2.24. The summed E-state index contributed by atoms with van der Waals surface area (Å²) in [4.78, 5) is 14.2. The number of nitrogens with one attached hydrogen (secondary N) is 1. The molecule has 0 saturated carbocycles. The van der Waals surface area contributed by atoms with Gasteiger partial charge in [0.15, 0.2) is 0 Å². The third kappa shape index (κ3) is 2.64. The van der Waals surface area contributed by atoms with E-state index in [0.29, 0.717) is 17.9 Å². The molecular weight excluding hydrogens is 212 g/mol. The zero-order chi connectivity index (χ0) is 10.1. The molecule has 0 aliphatic carbocycles. The molecule has 0 radical (unpaired) electrons. The summed E-state index contributed by atoms with van der Waals surface area (Å²) < 4.78 is 0. The van der Waals surface area contributed by atoms with Crippen LogP contribution in [0.1, 0.15) is 26.7 Å². The number of halogens is 1. The molecule has 1 amide bonds. The first-order valence-electron chi connectivity index (χ1n) is 5.69. The van der Waals surface area contributed by atoms with Crippen molar-refractivity contribution in [3.63, 3.8) is 0 Å². The molecule has 0 aromatic carbocycles. The fourth-order valence-corrected chi connectivity index (χ4v) is 2.71. The van der Waals surface area contributed by atoms with Crippen LogP contribution in [-0.4, -0.2) is 36.5 Å². The van der Waals surface area contributed by atoms with E-state index in [1.54, 1.807) is 0 Å². The van der Waals surface area contributed by atoms with Crippen LogP contribution in [0.3, 0.4) is 0 Å². The molecule has 1 N–H and O–H groups in total. The highest BCUT2D eigenvalue weighted by Crippen LogP contribution is 2.25. The molecule has 4 heteroatoms. The molecule has 2 fully saturated rings. The van der Waals surface area contributed by atoms with Crippen molar-refractivity contribution in [1.29, 1.82) is 0 Å². The van der Waals surface area contributed by atoms with Gasteiger partial charge in [0.2, 0.25) is 5.91 Å². The van der Waals surface area contributed by atoms with Gasteiger partial charge in [-0.15, -0.1) is 12.4 Å². The van der Waals surface area contributed by atoms with Crippen LogP contribution in [0.4, 0.5) is 0 Å². The van der Waals surface area contributed by atoms with E-state index >= 15 is 0 Å². The first-order chi connectivity index (χ1) is 6.68. The van der Waals surface area contributed by atoms with Crippen LogP contribution in [0.15, 0.2) is 0 Å². The van der Waals surface area contributed by atoms with Crippen LogP contribution >= 0.6 is 12.4 Å². The summed E-state index contributed by atoms with van der Waals surface area (Å²) in [5, 5.41) is 3.26. The van der Waals surface area contributed by atoms with Gasteiger partial charge in [-0.1, -0.05) is 6.92 Å². The van der Waals surface area contributed by atoms with Gasteiger partial charge in [0, 0.05) is 19.1 Å². The highest BCUT2D eigenvalue weighted by Gasteiger charge is 2.34. The molecule has 88 valence electrons. The Bertz CT molecular complexity index is 229. The molecule has 2 rings (SSSR count). The average molecular weight is 233 g/mol. The summed E-state index contributed by atoms with van der Waals surface area (Å²) in [6, 6.07) is 0.457. The van der Waals surface area contributed by atoms with E-state index in [4.69, 9.17) is 0 Å². The highest BCUT2D eigenvalue weighted by molar-refractivity contribution is 5.85. The molecule has 2 unspecified atom stereocenters. The van der Waals surface area contributed by atoms with Crippen LogP contribution in [0.2, 0.25) is 0 Å². The van der Waals surface area contributed by atoms with Gasteiger partial charge in [0.25, 0.3) is 0 Å². The van der Waals surface area contributed by atoms with Crippen molar-refractivity contribution in [2.45, 2.75) is 32.7 Å². The summed E-state index contributed by atoms with van der Waals surface area (Å²) in [5.41, 5.74) is 0. The number of likely N-dealkylation sites (tertiary alicyclic amines) is 1. The summed E-state index contributed by atoms with van der Waals surface area (Å²) in [6.07, 6.45) is 2.20. The van der Waals surface area contributed by atoms with Crippen LogP contribution < -0.4 is 5.32 Å².